The fourth-order valence-corrected chi connectivity index (χ4v) is 0.855. The Morgan fingerprint density at radius 3 is 2.67 bits per heavy atom. The fourth-order valence-electron chi connectivity index (χ4n) is 0.855. The summed E-state index contributed by atoms with van der Waals surface area (Å²) in [6.45, 7) is 2.55. The molecule has 2 nitrogen and oxygen atoms in total. The molecule has 0 heterocycles. The first-order valence-electron chi connectivity index (χ1n) is 3.35. The third-order valence-electron chi connectivity index (χ3n) is 1.52. The molecule has 1 rings (SSSR count). The van der Waals surface area contributed by atoms with Crippen LogP contribution in [0.5, 0.6) is 0 Å². The van der Waals surface area contributed by atoms with Crippen molar-refractivity contribution in [1.29, 1.82) is 0 Å². The van der Waals surface area contributed by atoms with Crippen LogP contribution in [0.4, 0.5) is 4.39 Å². The summed E-state index contributed by atoms with van der Waals surface area (Å²) in [5, 5.41) is 10.1. The van der Waals surface area contributed by atoms with Crippen molar-refractivity contribution in [1.82, 2.24) is 5.06 Å². The van der Waals surface area contributed by atoms with Crippen LogP contribution in [0.2, 0.25) is 0 Å². The molecule has 0 amide bonds. The minimum Gasteiger partial charge on any atom is -0.314 e. The highest BCUT2D eigenvalue weighted by atomic mass is 19.1. The maximum absolute atomic E-state index is 12.1. The lowest BCUT2D eigenvalue weighted by Gasteiger charge is -2.10. The van der Waals surface area contributed by atoms with Crippen LogP contribution in [-0.2, 0) is 0 Å². The van der Waals surface area contributed by atoms with Gasteiger partial charge in [-0.3, -0.25) is 0 Å². The van der Waals surface area contributed by atoms with E-state index in [1.807, 2.05) is 6.92 Å². The van der Waals surface area contributed by atoms with E-state index < -0.39 is 6.17 Å². The first-order chi connectivity index (χ1) is 4.25. The van der Waals surface area contributed by atoms with Crippen molar-refractivity contribution in [2.75, 3.05) is 6.54 Å². The van der Waals surface area contributed by atoms with E-state index in [4.69, 9.17) is 5.21 Å². The van der Waals surface area contributed by atoms with E-state index in [0.717, 1.165) is 11.5 Å². The summed E-state index contributed by atoms with van der Waals surface area (Å²) in [7, 11) is 0. The van der Waals surface area contributed by atoms with Crippen molar-refractivity contribution in [3.05, 3.63) is 0 Å². The van der Waals surface area contributed by atoms with Gasteiger partial charge in [0.05, 0.1) is 6.04 Å². The van der Waals surface area contributed by atoms with Crippen molar-refractivity contribution in [3.63, 3.8) is 0 Å². The average Bonchev–Trinajstić information content (AvgIpc) is 2.47. The SMILES string of the molecule is CCCN(O)C1CC1F. The van der Waals surface area contributed by atoms with Gasteiger partial charge in [0.2, 0.25) is 0 Å². The molecule has 1 N–H and O–H groups in total. The van der Waals surface area contributed by atoms with Crippen molar-refractivity contribution >= 4 is 0 Å². The molecule has 0 aromatic rings. The highest BCUT2D eigenvalue weighted by Crippen LogP contribution is 2.29. The summed E-state index contributed by atoms with van der Waals surface area (Å²) >= 11 is 0. The lowest BCUT2D eigenvalue weighted by molar-refractivity contribution is -0.104. The van der Waals surface area contributed by atoms with E-state index in [-0.39, 0.29) is 6.04 Å². The van der Waals surface area contributed by atoms with E-state index in [0.29, 0.717) is 13.0 Å². The first kappa shape index (κ1) is 6.96. The zero-order chi connectivity index (χ0) is 6.85. The normalized spacial score (nSPS) is 33.3. The molecule has 1 aliphatic rings. The summed E-state index contributed by atoms with van der Waals surface area (Å²) in [5.74, 6) is 0. The minimum atomic E-state index is -0.776. The Hall–Kier alpha value is -0.150. The first-order valence-corrected chi connectivity index (χ1v) is 3.35. The standard InChI is InChI=1S/C6H12FNO/c1-2-3-8(9)6-4-5(6)7/h5-6,9H,2-4H2,1H3. The van der Waals surface area contributed by atoms with Crippen molar-refractivity contribution in [2.45, 2.75) is 32.0 Å². The highest BCUT2D eigenvalue weighted by Gasteiger charge is 2.41. The van der Waals surface area contributed by atoms with E-state index in [1.165, 1.54) is 0 Å². The topological polar surface area (TPSA) is 23.5 Å². The van der Waals surface area contributed by atoms with E-state index >= 15 is 0 Å². The zero-order valence-electron chi connectivity index (χ0n) is 5.55. The van der Waals surface area contributed by atoms with Gasteiger partial charge in [-0.15, -0.1) is 0 Å². The fraction of sp³-hybridized carbons (Fsp3) is 1.00. The second-order valence-electron chi connectivity index (χ2n) is 2.48. The molecule has 3 heteroatoms. The molecule has 54 valence electrons. The number of hydroxylamine groups is 2. The molecule has 1 fully saturated rings. The molecule has 9 heavy (non-hydrogen) atoms. The Kier molecular flexibility index (Phi) is 2.03. The van der Waals surface area contributed by atoms with Gasteiger partial charge in [-0.1, -0.05) is 6.92 Å². The Morgan fingerprint density at radius 1 is 1.78 bits per heavy atom. The van der Waals surface area contributed by atoms with Crippen molar-refractivity contribution in [2.24, 2.45) is 0 Å². The maximum atomic E-state index is 12.1. The summed E-state index contributed by atoms with van der Waals surface area (Å²) in [6.07, 6.45) is 0.609. The molecule has 2 unspecified atom stereocenters. The number of nitrogens with zero attached hydrogens (tertiary/aromatic N) is 1. The average molecular weight is 133 g/mol. The molecule has 1 aliphatic carbocycles. The van der Waals surface area contributed by atoms with E-state index in [2.05, 4.69) is 0 Å². The number of hydrogen-bond acceptors (Lipinski definition) is 2. The van der Waals surface area contributed by atoms with Gasteiger partial charge in [0, 0.05) is 13.0 Å². The van der Waals surface area contributed by atoms with Crippen LogP contribution in [0.1, 0.15) is 19.8 Å². The molecular formula is C6H12FNO. The van der Waals surface area contributed by atoms with Crippen LogP contribution >= 0.6 is 0 Å². The predicted octanol–water partition coefficient (Wildman–Crippen LogP) is 1.20. The van der Waals surface area contributed by atoms with Gasteiger partial charge in [-0.05, 0) is 6.42 Å². The lowest BCUT2D eigenvalue weighted by Crippen LogP contribution is -2.24. The third kappa shape index (κ3) is 1.63. The van der Waals surface area contributed by atoms with Crippen LogP contribution in [0.3, 0.4) is 0 Å². The minimum absolute atomic E-state index is 0.190. The molecule has 0 saturated heterocycles. The Morgan fingerprint density at radius 2 is 2.33 bits per heavy atom. The Balaban J connectivity index is 2.11. The molecule has 0 aromatic carbocycles. The van der Waals surface area contributed by atoms with Crippen LogP contribution < -0.4 is 0 Å². The Bertz CT molecular complexity index is 99.1. The third-order valence-corrected chi connectivity index (χ3v) is 1.52. The quantitative estimate of drug-likeness (QED) is 0.585. The molecule has 0 aromatic heterocycles. The largest absolute Gasteiger partial charge is 0.314 e. The number of rotatable bonds is 3. The summed E-state index contributed by atoms with van der Waals surface area (Å²) in [6, 6.07) is -0.190. The van der Waals surface area contributed by atoms with Crippen molar-refractivity contribution < 1.29 is 9.60 Å². The summed E-state index contributed by atoms with van der Waals surface area (Å²) < 4.78 is 12.1. The number of halogens is 1. The predicted molar refractivity (Wildman–Crippen MR) is 32.1 cm³/mol. The van der Waals surface area contributed by atoms with Gasteiger partial charge >= 0.3 is 0 Å². The summed E-state index contributed by atoms with van der Waals surface area (Å²) in [4.78, 5) is 0. The van der Waals surface area contributed by atoms with Gasteiger partial charge in [0.25, 0.3) is 0 Å². The second kappa shape index (κ2) is 2.62. The van der Waals surface area contributed by atoms with Crippen LogP contribution in [0.15, 0.2) is 0 Å². The van der Waals surface area contributed by atoms with Gasteiger partial charge in [-0.25, -0.2) is 4.39 Å². The molecule has 0 bridgehead atoms. The lowest BCUT2D eigenvalue weighted by atomic mass is 10.4. The van der Waals surface area contributed by atoms with Crippen LogP contribution in [0, 0.1) is 0 Å². The number of hydrogen-bond donors (Lipinski definition) is 1. The van der Waals surface area contributed by atoms with Crippen molar-refractivity contribution in [3.8, 4) is 0 Å². The smallest absolute Gasteiger partial charge is 0.120 e. The second-order valence-corrected chi connectivity index (χ2v) is 2.48. The molecule has 2 atom stereocenters. The van der Waals surface area contributed by atoms with E-state index in [9.17, 15) is 4.39 Å². The van der Waals surface area contributed by atoms with Gasteiger partial charge in [0.15, 0.2) is 0 Å². The molecule has 0 radical (unpaired) electrons. The van der Waals surface area contributed by atoms with Gasteiger partial charge in [0.1, 0.15) is 6.17 Å². The van der Waals surface area contributed by atoms with E-state index in [1.54, 1.807) is 0 Å². The molecule has 0 aliphatic heterocycles. The molecular weight excluding hydrogens is 121 g/mol. The zero-order valence-corrected chi connectivity index (χ0v) is 5.55. The van der Waals surface area contributed by atoms with Crippen LogP contribution in [-0.4, -0.2) is 29.0 Å². The van der Waals surface area contributed by atoms with Crippen LogP contribution in [0.25, 0.3) is 0 Å². The highest BCUT2D eigenvalue weighted by molar-refractivity contribution is 4.92. The summed E-state index contributed by atoms with van der Waals surface area (Å²) in [5.41, 5.74) is 0. The Labute approximate surface area is 54.2 Å². The maximum Gasteiger partial charge on any atom is 0.120 e. The van der Waals surface area contributed by atoms with Gasteiger partial charge < -0.3 is 5.21 Å². The van der Waals surface area contributed by atoms with Gasteiger partial charge in [-0.2, -0.15) is 5.06 Å². The molecule has 0 spiro atoms. The monoisotopic (exact) mass is 133 g/mol. The number of alkyl halides is 1. The molecule has 1 saturated carbocycles.